The van der Waals surface area contributed by atoms with E-state index in [1.165, 1.54) is 39.3 Å². The molecule has 2 aliphatic rings. The molecule has 2 saturated heterocycles. The zero-order chi connectivity index (χ0) is 10.1. The molecule has 0 aromatic heterocycles. The zero-order valence-corrected chi connectivity index (χ0v) is 9.74. The molecule has 2 aliphatic heterocycles. The summed E-state index contributed by atoms with van der Waals surface area (Å²) < 4.78 is 0. The highest BCUT2D eigenvalue weighted by atomic mass is 15.3. The molecule has 0 bridgehead atoms. The van der Waals surface area contributed by atoms with Crippen LogP contribution >= 0.6 is 0 Å². The Labute approximate surface area is 87.7 Å². The van der Waals surface area contributed by atoms with Gasteiger partial charge in [0, 0.05) is 51.4 Å². The lowest BCUT2D eigenvalue weighted by molar-refractivity contribution is 0.00949. The first-order valence-corrected chi connectivity index (χ1v) is 5.83. The van der Waals surface area contributed by atoms with Gasteiger partial charge in [-0.1, -0.05) is 0 Å². The Bertz CT molecular complexity index is 193. The van der Waals surface area contributed by atoms with E-state index in [1.807, 2.05) is 0 Å². The van der Waals surface area contributed by atoms with E-state index in [4.69, 9.17) is 0 Å². The van der Waals surface area contributed by atoms with Crippen LogP contribution in [0.4, 0.5) is 0 Å². The van der Waals surface area contributed by atoms with Crippen molar-refractivity contribution in [1.29, 1.82) is 0 Å². The normalized spacial score (nSPS) is 32.1. The third-order valence-electron chi connectivity index (χ3n) is 3.66. The summed E-state index contributed by atoms with van der Waals surface area (Å²) in [5, 5.41) is 0. The van der Waals surface area contributed by atoms with Crippen LogP contribution in [-0.2, 0) is 0 Å². The SMILES string of the molecule is CC(C)N1CCN2CCN(C)C[C@H]2C1. The molecule has 2 heterocycles. The van der Waals surface area contributed by atoms with Crippen molar-refractivity contribution >= 4 is 0 Å². The fourth-order valence-corrected chi connectivity index (χ4v) is 2.60. The Kier molecular flexibility index (Phi) is 3.10. The topological polar surface area (TPSA) is 9.72 Å². The first kappa shape index (κ1) is 10.4. The fraction of sp³-hybridized carbons (Fsp3) is 1.00. The second-order valence-corrected chi connectivity index (χ2v) is 5.04. The number of piperazine rings is 2. The zero-order valence-electron chi connectivity index (χ0n) is 9.74. The van der Waals surface area contributed by atoms with Crippen molar-refractivity contribution in [2.24, 2.45) is 0 Å². The molecule has 0 radical (unpaired) electrons. The van der Waals surface area contributed by atoms with Crippen molar-refractivity contribution in [3.8, 4) is 0 Å². The van der Waals surface area contributed by atoms with Crippen LogP contribution in [0.1, 0.15) is 13.8 Å². The van der Waals surface area contributed by atoms with E-state index in [0.29, 0.717) is 6.04 Å². The minimum atomic E-state index is 0.712. The molecule has 0 spiro atoms. The summed E-state index contributed by atoms with van der Waals surface area (Å²) in [6, 6.07) is 1.49. The number of fused-ring (bicyclic) bond motifs is 1. The quantitative estimate of drug-likeness (QED) is 0.600. The third-order valence-corrected chi connectivity index (χ3v) is 3.66. The number of hydrogen-bond acceptors (Lipinski definition) is 3. The Balaban J connectivity index is 1.93. The molecule has 3 nitrogen and oxygen atoms in total. The summed E-state index contributed by atoms with van der Waals surface area (Å²) in [4.78, 5) is 7.74. The van der Waals surface area contributed by atoms with Crippen LogP contribution in [0.2, 0.25) is 0 Å². The number of likely N-dealkylation sites (N-methyl/N-ethyl adjacent to an activating group) is 1. The van der Waals surface area contributed by atoms with E-state index in [0.717, 1.165) is 6.04 Å². The highest BCUT2D eigenvalue weighted by Crippen LogP contribution is 2.16. The van der Waals surface area contributed by atoms with Gasteiger partial charge in [-0.25, -0.2) is 0 Å². The van der Waals surface area contributed by atoms with Gasteiger partial charge in [0.1, 0.15) is 0 Å². The van der Waals surface area contributed by atoms with E-state index in [2.05, 4.69) is 35.6 Å². The van der Waals surface area contributed by atoms with E-state index < -0.39 is 0 Å². The summed E-state index contributed by atoms with van der Waals surface area (Å²) in [5.74, 6) is 0. The van der Waals surface area contributed by atoms with E-state index in [1.54, 1.807) is 0 Å². The molecule has 2 fully saturated rings. The summed E-state index contributed by atoms with van der Waals surface area (Å²) >= 11 is 0. The second kappa shape index (κ2) is 4.17. The molecule has 82 valence electrons. The van der Waals surface area contributed by atoms with Gasteiger partial charge in [0.25, 0.3) is 0 Å². The maximum absolute atomic E-state index is 2.67. The Morgan fingerprint density at radius 1 is 1.00 bits per heavy atom. The monoisotopic (exact) mass is 197 g/mol. The Hall–Kier alpha value is -0.120. The van der Waals surface area contributed by atoms with Crippen molar-refractivity contribution < 1.29 is 0 Å². The summed E-state index contributed by atoms with van der Waals surface area (Å²) in [5.41, 5.74) is 0. The van der Waals surface area contributed by atoms with Gasteiger partial charge in [-0.05, 0) is 20.9 Å². The maximum Gasteiger partial charge on any atom is 0.0351 e. The predicted octanol–water partition coefficient (Wildman–Crippen LogP) is 0.326. The average Bonchev–Trinajstić information content (AvgIpc) is 2.16. The third kappa shape index (κ3) is 2.10. The van der Waals surface area contributed by atoms with Gasteiger partial charge in [-0.15, -0.1) is 0 Å². The van der Waals surface area contributed by atoms with Gasteiger partial charge in [-0.2, -0.15) is 0 Å². The van der Waals surface area contributed by atoms with Crippen LogP contribution in [0.3, 0.4) is 0 Å². The first-order valence-electron chi connectivity index (χ1n) is 5.83. The van der Waals surface area contributed by atoms with Crippen molar-refractivity contribution in [3.05, 3.63) is 0 Å². The van der Waals surface area contributed by atoms with Gasteiger partial charge in [-0.3, -0.25) is 9.80 Å². The average molecular weight is 197 g/mol. The molecule has 0 aromatic carbocycles. The molecule has 0 unspecified atom stereocenters. The lowest BCUT2D eigenvalue weighted by atomic mass is 10.1. The van der Waals surface area contributed by atoms with Crippen molar-refractivity contribution in [2.45, 2.75) is 25.9 Å². The van der Waals surface area contributed by atoms with Crippen LogP contribution in [0, 0.1) is 0 Å². The standard InChI is InChI=1S/C11H23N3/c1-10(2)14-7-6-13-5-4-12(3)8-11(13)9-14/h10-11H,4-9H2,1-3H3/t11-/m0/s1. The van der Waals surface area contributed by atoms with Crippen LogP contribution in [0.25, 0.3) is 0 Å². The smallest absolute Gasteiger partial charge is 0.0351 e. The lowest BCUT2D eigenvalue weighted by Crippen LogP contribution is -2.62. The van der Waals surface area contributed by atoms with Gasteiger partial charge in [0.15, 0.2) is 0 Å². The molecular formula is C11H23N3. The van der Waals surface area contributed by atoms with E-state index in [-0.39, 0.29) is 0 Å². The molecular weight excluding hydrogens is 174 g/mol. The number of hydrogen-bond donors (Lipinski definition) is 0. The summed E-state index contributed by atoms with van der Waals surface area (Å²) in [6.07, 6.45) is 0. The summed E-state index contributed by atoms with van der Waals surface area (Å²) in [7, 11) is 2.24. The van der Waals surface area contributed by atoms with Crippen LogP contribution in [-0.4, -0.2) is 73.1 Å². The Morgan fingerprint density at radius 3 is 2.43 bits per heavy atom. The van der Waals surface area contributed by atoms with Crippen molar-refractivity contribution in [3.63, 3.8) is 0 Å². The molecule has 3 heteroatoms. The number of rotatable bonds is 1. The first-order chi connectivity index (χ1) is 6.66. The predicted molar refractivity (Wildman–Crippen MR) is 59.6 cm³/mol. The largest absolute Gasteiger partial charge is 0.303 e. The van der Waals surface area contributed by atoms with Crippen LogP contribution in [0.15, 0.2) is 0 Å². The lowest BCUT2D eigenvalue weighted by Gasteiger charge is -2.47. The van der Waals surface area contributed by atoms with Crippen LogP contribution in [0.5, 0.6) is 0 Å². The minimum Gasteiger partial charge on any atom is -0.303 e. The van der Waals surface area contributed by atoms with Gasteiger partial charge in [0.2, 0.25) is 0 Å². The van der Waals surface area contributed by atoms with Crippen LogP contribution < -0.4 is 0 Å². The van der Waals surface area contributed by atoms with Crippen molar-refractivity contribution in [2.75, 3.05) is 46.3 Å². The van der Waals surface area contributed by atoms with Crippen molar-refractivity contribution in [1.82, 2.24) is 14.7 Å². The molecule has 2 rings (SSSR count). The molecule has 0 aromatic rings. The van der Waals surface area contributed by atoms with E-state index in [9.17, 15) is 0 Å². The van der Waals surface area contributed by atoms with Gasteiger partial charge < -0.3 is 4.90 Å². The maximum atomic E-state index is 2.67. The van der Waals surface area contributed by atoms with Gasteiger partial charge in [0.05, 0.1) is 0 Å². The second-order valence-electron chi connectivity index (χ2n) is 5.04. The van der Waals surface area contributed by atoms with Gasteiger partial charge >= 0.3 is 0 Å². The highest BCUT2D eigenvalue weighted by Gasteiger charge is 2.31. The molecule has 14 heavy (non-hydrogen) atoms. The molecule has 0 saturated carbocycles. The Morgan fingerprint density at radius 2 is 1.71 bits per heavy atom. The number of nitrogens with zero attached hydrogens (tertiary/aromatic N) is 3. The summed E-state index contributed by atoms with van der Waals surface area (Å²) in [6.45, 7) is 12.2. The molecule has 0 aliphatic carbocycles. The molecule has 1 atom stereocenters. The minimum absolute atomic E-state index is 0.712. The van der Waals surface area contributed by atoms with E-state index >= 15 is 0 Å². The highest BCUT2D eigenvalue weighted by molar-refractivity contribution is 4.88. The molecule has 0 N–H and O–H groups in total. The molecule has 0 amide bonds. The fourth-order valence-electron chi connectivity index (χ4n) is 2.60.